The van der Waals surface area contributed by atoms with Crippen molar-refractivity contribution in [3.05, 3.63) is 65.1 Å². The maximum Gasteiger partial charge on any atom is 0.237 e. The number of aryl methyl sites for hydroxylation is 1. The molecule has 1 amide bonds. The highest BCUT2D eigenvalue weighted by atomic mass is 16.5. The van der Waals surface area contributed by atoms with Crippen molar-refractivity contribution in [3.63, 3.8) is 0 Å². The van der Waals surface area contributed by atoms with Gasteiger partial charge in [-0.3, -0.25) is 9.69 Å². The highest BCUT2D eigenvalue weighted by molar-refractivity contribution is 6.05. The van der Waals surface area contributed by atoms with Gasteiger partial charge in [0.05, 0.1) is 30.6 Å². The van der Waals surface area contributed by atoms with Crippen molar-refractivity contribution in [1.82, 2.24) is 14.8 Å². The van der Waals surface area contributed by atoms with Crippen LogP contribution >= 0.6 is 0 Å². The number of hydrogen-bond donors (Lipinski definition) is 2. The Kier molecular flexibility index (Phi) is 10.3. The third-order valence-electron chi connectivity index (χ3n) is 9.34. The van der Waals surface area contributed by atoms with Gasteiger partial charge in [-0.15, -0.1) is 0 Å². The normalized spacial score (nSPS) is 19.1. The summed E-state index contributed by atoms with van der Waals surface area (Å²) in [5.74, 6) is 1.48. The second kappa shape index (κ2) is 14.3. The second-order valence-electron chi connectivity index (χ2n) is 12.0. The van der Waals surface area contributed by atoms with E-state index in [1.165, 1.54) is 18.4 Å². The van der Waals surface area contributed by atoms with E-state index in [1.54, 1.807) is 0 Å². The molecule has 0 spiro atoms. The molecule has 236 valence electrons. The molecule has 0 saturated carbocycles. The number of nitrogens with zero attached hydrogens (tertiary/aromatic N) is 5. The number of amides is 1. The van der Waals surface area contributed by atoms with Crippen LogP contribution in [0.25, 0.3) is 0 Å². The topological polar surface area (TPSA) is 85.3 Å². The van der Waals surface area contributed by atoms with Crippen molar-refractivity contribution in [2.24, 2.45) is 4.99 Å². The number of aliphatic imine (C=N–C) groups is 1. The Bertz CT molecular complexity index is 1420. The van der Waals surface area contributed by atoms with Gasteiger partial charge >= 0.3 is 0 Å². The highest BCUT2D eigenvalue weighted by Crippen LogP contribution is 2.35. The van der Waals surface area contributed by atoms with Gasteiger partial charge in [-0.05, 0) is 68.9 Å². The fraction of sp³-hybridized carbons (Fsp3) is 0.514. The molecule has 2 N–H and O–H groups in total. The van der Waals surface area contributed by atoms with Crippen LogP contribution < -0.4 is 20.3 Å². The lowest BCUT2D eigenvalue weighted by atomic mass is 10.00. The lowest BCUT2D eigenvalue weighted by Gasteiger charge is -2.39. The molecule has 2 fully saturated rings. The molecule has 0 radical (unpaired) electrons. The van der Waals surface area contributed by atoms with Crippen LogP contribution in [0.5, 0.6) is 5.88 Å². The Labute approximate surface area is 263 Å². The van der Waals surface area contributed by atoms with E-state index in [-0.39, 0.29) is 5.91 Å². The highest BCUT2D eigenvalue weighted by Gasteiger charge is 2.26. The smallest absolute Gasteiger partial charge is 0.237 e. The standard InChI is InChI=1S/C35H49N7O2/c1-7-27-12-14-42(32-22-37-35-34(25(32)5)36-13-19-44-35)23-31(27)39-26(6)38-29-11-10-28(24(4)20-29)21-33(43)41-17-15-40(16-18-41)30(8-2)9-3/h7,10-11,20,22,30,36,38H,6,8-9,12-19,21,23H2,1-5H3/b27-7-,39-31-. The van der Waals surface area contributed by atoms with E-state index in [9.17, 15) is 4.79 Å². The largest absolute Gasteiger partial charge is 0.474 e. The van der Waals surface area contributed by atoms with Crippen molar-refractivity contribution < 1.29 is 9.53 Å². The molecule has 0 unspecified atom stereocenters. The minimum absolute atomic E-state index is 0.210. The number of carbonyl (C=O) groups is 1. The molecule has 0 bridgehead atoms. The van der Waals surface area contributed by atoms with E-state index in [0.717, 1.165) is 85.2 Å². The lowest BCUT2D eigenvalue weighted by Crippen LogP contribution is -2.52. The number of hydrogen-bond acceptors (Lipinski definition) is 8. The lowest BCUT2D eigenvalue weighted by molar-refractivity contribution is -0.132. The fourth-order valence-corrected chi connectivity index (χ4v) is 6.66. The summed E-state index contributed by atoms with van der Waals surface area (Å²) in [6.07, 6.45) is 7.72. The molecule has 1 aromatic carbocycles. The van der Waals surface area contributed by atoms with Crippen molar-refractivity contribution in [1.29, 1.82) is 0 Å². The molecular weight excluding hydrogens is 550 g/mol. The first-order chi connectivity index (χ1) is 21.3. The van der Waals surface area contributed by atoms with Crippen LogP contribution in [-0.2, 0) is 11.2 Å². The third kappa shape index (κ3) is 7.09. The van der Waals surface area contributed by atoms with Gasteiger partial charge in [0.25, 0.3) is 0 Å². The molecule has 3 aliphatic rings. The molecule has 44 heavy (non-hydrogen) atoms. The molecule has 0 aliphatic carbocycles. The van der Waals surface area contributed by atoms with E-state index in [0.29, 0.717) is 37.3 Å². The number of aromatic nitrogens is 1. The first kappa shape index (κ1) is 31.6. The number of carbonyl (C=O) groups excluding carboxylic acids is 1. The molecule has 4 heterocycles. The Balaban J connectivity index is 1.20. The summed E-state index contributed by atoms with van der Waals surface area (Å²) < 4.78 is 5.73. The van der Waals surface area contributed by atoms with Crippen molar-refractivity contribution in [2.75, 3.05) is 68.0 Å². The van der Waals surface area contributed by atoms with Gasteiger partial charge in [0.1, 0.15) is 18.1 Å². The summed E-state index contributed by atoms with van der Waals surface area (Å²) >= 11 is 0. The number of pyridine rings is 1. The molecular formula is C35H49N7O2. The van der Waals surface area contributed by atoms with Gasteiger partial charge in [0.2, 0.25) is 11.8 Å². The quantitative estimate of drug-likeness (QED) is 0.391. The van der Waals surface area contributed by atoms with Crippen molar-refractivity contribution in [2.45, 2.75) is 66.3 Å². The van der Waals surface area contributed by atoms with E-state index in [2.05, 4.69) is 84.8 Å². The Morgan fingerprint density at radius 2 is 1.95 bits per heavy atom. The maximum atomic E-state index is 13.1. The van der Waals surface area contributed by atoms with E-state index in [4.69, 9.17) is 9.73 Å². The SMILES string of the molecule is C=C(/N=C1/CN(c2cnc3c(c2C)NCCO3)CC/C1=C/C)Nc1ccc(CC(=O)N2CCN(C(CC)CC)CC2)c(C)c1. The molecule has 5 rings (SSSR count). The predicted octanol–water partition coefficient (Wildman–Crippen LogP) is 5.56. The molecule has 9 heteroatoms. The molecule has 0 atom stereocenters. The summed E-state index contributed by atoms with van der Waals surface area (Å²) in [6, 6.07) is 6.78. The first-order valence-electron chi connectivity index (χ1n) is 16.2. The molecule has 3 aliphatic heterocycles. The maximum absolute atomic E-state index is 13.1. The number of anilines is 3. The summed E-state index contributed by atoms with van der Waals surface area (Å²) in [5, 5.41) is 6.83. The zero-order valence-electron chi connectivity index (χ0n) is 27.2. The van der Waals surface area contributed by atoms with Gasteiger partial charge in [-0.25, -0.2) is 9.98 Å². The summed E-state index contributed by atoms with van der Waals surface area (Å²) in [5.41, 5.74) is 8.53. The second-order valence-corrected chi connectivity index (χ2v) is 12.0. The number of benzene rings is 1. The zero-order chi connectivity index (χ0) is 31.2. The van der Waals surface area contributed by atoms with Crippen molar-refractivity contribution >= 4 is 28.7 Å². The Morgan fingerprint density at radius 3 is 2.66 bits per heavy atom. The van der Waals surface area contributed by atoms with Crippen LogP contribution in [0.1, 0.15) is 56.7 Å². The van der Waals surface area contributed by atoms with Crippen LogP contribution in [0.4, 0.5) is 17.1 Å². The molecule has 9 nitrogen and oxygen atoms in total. The van der Waals surface area contributed by atoms with Gasteiger partial charge in [0.15, 0.2) is 0 Å². The first-order valence-corrected chi connectivity index (χ1v) is 16.2. The predicted molar refractivity (Wildman–Crippen MR) is 181 cm³/mol. The number of piperidine rings is 1. The molecule has 1 aromatic heterocycles. The van der Waals surface area contributed by atoms with Gasteiger partial charge < -0.3 is 25.2 Å². The summed E-state index contributed by atoms with van der Waals surface area (Å²) in [4.78, 5) is 29.6. The van der Waals surface area contributed by atoms with Gasteiger partial charge in [-0.2, -0.15) is 0 Å². The molecule has 2 saturated heterocycles. The van der Waals surface area contributed by atoms with Crippen LogP contribution in [0.15, 0.2) is 53.4 Å². The zero-order valence-corrected chi connectivity index (χ0v) is 27.2. The van der Waals surface area contributed by atoms with E-state index >= 15 is 0 Å². The van der Waals surface area contributed by atoms with Crippen molar-refractivity contribution in [3.8, 4) is 5.88 Å². The minimum atomic E-state index is 0.210. The van der Waals surface area contributed by atoms with Crippen LogP contribution in [0.3, 0.4) is 0 Å². The fourth-order valence-electron chi connectivity index (χ4n) is 6.66. The van der Waals surface area contributed by atoms with E-state index in [1.807, 2.05) is 17.2 Å². The van der Waals surface area contributed by atoms with Gasteiger partial charge in [-0.1, -0.05) is 32.6 Å². The van der Waals surface area contributed by atoms with Crippen LogP contribution in [-0.4, -0.2) is 84.9 Å². The number of fused-ring (bicyclic) bond motifs is 1. The number of rotatable bonds is 9. The number of allylic oxidation sites excluding steroid dienone is 1. The Hall–Kier alpha value is -3.85. The Morgan fingerprint density at radius 1 is 1.18 bits per heavy atom. The molecule has 2 aromatic rings. The average molecular weight is 600 g/mol. The number of nitrogens with one attached hydrogen (secondary N) is 2. The number of ether oxygens (including phenoxy) is 1. The van der Waals surface area contributed by atoms with Gasteiger partial charge in [0, 0.05) is 56.6 Å². The van der Waals surface area contributed by atoms with E-state index < -0.39 is 0 Å². The average Bonchev–Trinajstić information content (AvgIpc) is 3.03. The minimum Gasteiger partial charge on any atom is -0.474 e. The number of piperazine rings is 1. The third-order valence-corrected chi connectivity index (χ3v) is 9.34. The summed E-state index contributed by atoms with van der Waals surface area (Å²) in [7, 11) is 0. The van der Waals surface area contributed by atoms with Crippen LogP contribution in [0, 0.1) is 13.8 Å². The summed E-state index contributed by atoms with van der Waals surface area (Å²) in [6.45, 7) is 21.5. The monoisotopic (exact) mass is 599 g/mol. The van der Waals surface area contributed by atoms with Crippen LogP contribution in [0.2, 0.25) is 0 Å².